The molecule has 0 aromatic heterocycles. The lowest BCUT2D eigenvalue weighted by Gasteiger charge is -2.43. The van der Waals surface area contributed by atoms with Gasteiger partial charge in [-0.15, -0.1) is 0 Å². The molecule has 0 aromatic carbocycles. The summed E-state index contributed by atoms with van der Waals surface area (Å²) in [5, 5.41) is 244. The zero-order valence-electron chi connectivity index (χ0n) is 36.0. The Kier molecular flexibility index (Phi) is 27.7. The molecular weight excluding hydrogens is 940 g/mol. The summed E-state index contributed by atoms with van der Waals surface area (Å²) in [6.07, 6.45) is -36.6. The minimum absolute atomic E-state index is 0.489. The number of hydrogen-bond donors (Lipinski definition) is 24. The predicted octanol–water partition coefficient (Wildman–Crippen LogP) is -5.50. The highest BCUT2D eigenvalue weighted by Gasteiger charge is 2.48. The van der Waals surface area contributed by atoms with Gasteiger partial charge in [-0.2, -0.15) is 0 Å². The van der Waals surface area contributed by atoms with Gasteiger partial charge in [0.25, 0.3) is 0 Å². The van der Waals surface area contributed by atoms with Crippen LogP contribution in [0.3, 0.4) is 0 Å². The van der Waals surface area contributed by atoms with Crippen molar-refractivity contribution in [1.82, 2.24) is 0 Å². The second-order valence-electron chi connectivity index (χ2n) is 14.2. The molecule has 1 saturated heterocycles. The predicted molar refractivity (Wildman–Crippen MR) is 215 cm³/mol. The van der Waals surface area contributed by atoms with Crippen LogP contribution in [0.5, 0.6) is 0 Å². The minimum Gasteiger partial charge on any atom is -0.506 e. The van der Waals surface area contributed by atoms with Crippen LogP contribution in [0.2, 0.25) is 0 Å². The molecule has 31 heteroatoms. The molecular formula is C37H64O31. The molecule has 15 atom stereocenters. The lowest BCUT2D eigenvalue weighted by atomic mass is 9.98. The van der Waals surface area contributed by atoms with Gasteiger partial charge in [-0.3, -0.25) is 0 Å². The summed E-state index contributed by atoms with van der Waals surface area (Å²) in [4.78, 5) is 0. The van der Waals surface area contributed by atoms with Gasteiger partial charge in [-0.05, 0) is 0 Å². The molecule has 1 heterocycles. The Balaban J connectivity index is 3.35. The number of methoxy groups -OCH3 is 1. The molecule has 0 aromatic rings. The number of aliphatic hydroxyl groups is 24. The topological polar surface area (TPSA) is 550 Å². The van der Waals surface area contributed by atoms with Gasteiger partial charge in [0, 0.05) is 72.2 Å². The maximum Gasteiger partial charge on any atom is 0.218 e. The largest absolute Gasteiger partial charge is 0.506 e. The van der Waals surface area contributed by atoms with Crippen LogP contribution in [0.25, 0.3) is 0 Å². The average molecular weight is 1000 g/mol. The van der Waals surface area contributed by atoms with E-state index in [0.717, 1.165) is 7.11 Å². The summed E-state index contributed by atoms with van der Waals surface area (Å²) in [7, 11) is 0.922. The Morgan fingerprint density at radius 3 is 1.10 bits per heavy atom. The lowest BCUT2D eigenvalue weighted by Crippen LogP contribution is -2.61. The van der Waals surface area contributed by atoms with E-state index in [0.29, 0.717) is 0 Å². The molecule has 1 aliphatic rings. The van der Waals surface area contributed by atoms with Gasteiger partial charge < -0.3 is 156 Å². The van der Waals surface area contributed by atoms with E-state index in [1.165, 1.54) is 0 Å². The zero-order valence-corrected chi connectivity index (χ0v) is 36.0. The van der Waals surface area contributed by atoms with E-state index >= 15 is 0 Å². The van der Waals surface area contributed by atoms with Gasteiger partial charge in [-0.25, -0.2) is 0 Å². The molecule has 0 radical (unpaired) electrons. The molecule has 1 aliphatic heterocycles. The fourth-order valence-corrected chi connectivity index (χ4v) is 5.75. The van der Waals surface area contributed by atoms with Crippen molar-refractivity contribution in [3.63, 3.8) is 0 Å². The van der Waals surface area contributed by atoms with E-state index in [1.807, 2.05) is 0 Å². The smallest absolute Gasteiger partial charge is 0.218 e. The number of hydrogen-bond acceptors (Lipinski definition) is 31. The van der Waals surface area contributed by atoms with Crippen molar-refractivity contribution in [3.05, 3.63) is 57.6 Å². The molecule has 0 aliphatic carbocycles. The highest BCUT2D eigenvalue weighted by molar-refractivity contribution is 5.13. The van der Waals surface area contributed by atoms with E-state index in [4.69, 9.17) is 33.5 Å². The van der Waals surface area contributed by atoms with E-state index in [2.05, 4.69) is 4.74 Å². The third-order valence-corrected chi connectivity index (χ3v) is 9.49. The first-order chi connectivity index (χ1) is 31.9. The van der Waals surface area contributed by atoms with Gasteiger partial charge in [0.15, 0.2) is 63.9 Å². The Bertz CT molecular complexity index is 1650. The Morgan fingerprint density at radius 2 is 0.750 bits per heavy atom. The van der Waals surface area contributed by atoms with Crippen LogP contribution in [0.15, 0.2) is 57.6 Å². The van der Waals surface area contributed by atoms with Crippen molar-refractivity contribution in [2.75, 3.05) is 46.8 Å². The van der Waals surface area contributed by atoms with Gasteiger partial charge in [0.05, 0.1) is 6.61 Å². The Hall–Kier alpha value is -4.14. The SMILES string of the molecule is COC(O)/C(O)=C(/O)C(CCO)OC(O)/C(O)=C(/O)C(CCO)OC(O)/C(O)=C(/O)C(CCO)OC(O)/C(O)=C(/O)C(CCO)OC1OC(CO)C(OC(O)/C(O)=C(/O)C(O)CCO)C(O)C1O. The molecule has 398 valence electrons. The maximum atomic E-state index is 10.8. The first-order valence-corrected chi connectivity index (χ1v) is 20.1. The second kappa shape index (κ2) is 30.5. The van der Waals surface area contributed by atoms with Crippen LogP contribution in [-0.4, -0.2) is 262 Å². The van der Waals surface area contributed by atoms with Gasteiger partial charge in [-0.1, -0.05) is 0 Å². The minimum atomic E-state index is -2.78. The van der Waals surface area contributed by atoms with Crippen molar-refractivity contribution >= 4 is 0 Å². The molecule has 15 unspecified atom stereocenters. The van der Waals surface area contributed by atoms with Crippen molar-refractivity contribution in [2.24, 2.45) is 0 Å². The van der Waals surface area contributed by atoms with Crippen LogP contribution in [0, 0.1) is 0 Å². The standard InChI is InChI=1S/C37H64O31/c1-62-32(57)26(52)20(46)14(3-8-39)63-33(58)27(53)21(47)15(4-9-40)64-34(59)28(54)22(48)16(5-10-41)65-35(60)29(55)23(49)17(6-11-42)66-37-30(56)24(50)31(18(12-43)67-37)68-36(61)25(51)19(45)13(44)2-7-38/h13-18,24,30-61H,2-12H2,1H3/b25-19-,26-20-,27-21-,28-22-,29-23-. The van der Waals surface area contributed by atoms with Crippen LogP contribution in [0.1, 0.15) is 32.1 Å². The molecule has 68 heavy (non-hydrogen) atoms. The first-order valence-electron chi connectivity index (χ1n) is 20.1. The van der Waals surface area contributed by atoms with Crippen molar-refractivity contribution in [1.29, 1.82) is 0 Å². The molecule has 0 amide bonds. The third-order valence-electron chi connectivity index (χ3n) is 9.49. The fraction of sp³-hybridized carbons (Fsp3) is 0.730. The molecule has 1 rings (SSSR count). The van der Waals surface area contributed by atoms with Gasteiger partial charge >= 0.3 is 0 Å². The monoisotopic (exact) mass is 1000 g/mol. The normalized spacial score (nSPS) is 25.5. The van der Waals surface area contributed by atoms with Crippen molar-refractivity contribution in [3.8, 4) is 0 Å². The summed E-state index contributed by atoms with van der Waals surface area (Å²) in [6.45, 7) is -5.26. The van der Waals surface area contributed by atoms with E-state index in [9.17, 15) is 117 Å². The van der Waals surface area contributed by atoms with Gasteiger partial charge in [0.1, 0.15) is 54.9 Å². The summed E-state index contributed by atoms with van der Waals surface area (Å²) in [5.74, 6) is -14.2. The maximum absolute atomic E-state index is 10.8. The zero-order chi connectivity index (χ0) is 52.2. The average Bonchev–Trinajstić information content (AvgIpc) is 3.32. The molecule has 1 fully saturated rings. The molecule has 31 nitrogen and oxygen atoms in total. The summed E-state index contributed by atoms with van der Waals surface area (Å²) in [5.41, 5.74) is 0. The molecule has 0 saturated carbocycles. The number of rotatable bonds is 32. The molecule has 0 bridgehead atoms. The highest BCUT2D eigenvalue weighted by Crippen LogP contribution is 2.30. The third kappa shape index (κ3) is 17.4. The van der Waals surface area contributed by atoms with E-state index in [-0.39, 0.29) is 0 Å². The summed E-state index contributed by atoms with van der Waals surface area (Å²) in [6, 6.07) is 0. The quantitative estimate of drug-likeness (QED) is 0.0221. The van der Waals surface area contributed by atoms with Crippen LogP contribution in [-0.2, 0) is 33.2 Å². The van der Waals surface area contributed by atoms with Gasteiger partial charge in [0.2, 0.25) is 31.5 Å². The number of ether oxygens (including phenoxy) is 7. The first kappa shape index (κ1) is 61.9. The highest BCUT2D eigenvalue weighted by atomic mass is 16.7. The van der Waals surface area contributed by atoms with Crippen LogP contribution >= 0.6 is 0 Å². The van der Waals surface area contributed by atoms with Crippen molar-refractivity contribution in [2.45, 2.75) is 125 Å². The van der Waals surface area contributed by atoms with E-state index in [1.54, 1.807) is 0 Å². The number of aliphatic hydroxyl groups excluding tert-OH is 24. The molecule has 24 N–H and O–H groups in total. The fourth-order valence-electron chi connectivity index (χ4n) is 5.75. The summed E-state index contributed by atoms with van der Waals surface area (Å²) >= 11 is 0. The van der Waals surface area contributed by atoms with Crippen LogP contribution in [0.4, 0.5) is 0 Å². The Labute approximate surface area is 384 Å². The second-order valence-corrected chi connectivity index (χ2v) is 14.2. The van der Waals surface area contributed by atoms with Crippen LogP contribution < -0.4 is 0 Å². The van der Waals surface area contributed by atoms with E-state index < -0.39 is 222 Å². The summed E-state index contributed by atoms with van der Waals surface area (Å²) < 4.78 is 35.1. The molecule has 0 spiro atoms. The lowest BCUT2D eigenvalue weighted by molar-refractivity contribution is -0.329. The van der Waals surface area contributed by atoms with Crippen molar-refractivity contribution < 1.29 is 156 Å². The Morgan fingerprint density at radius 1 is 0.412 bits per heavy atom.